The molecule has 0 bridgehead atoms. The zero-order valence-corrected chi connectivity index (χ0v) is 16.3. The molecule has 1 aromatic carbocycles. The highest BCUT2D eigenvalue weighted by molar-refractivity contribution is 5.88. The van der Waals surface area contributed by atoms with Gasteiger partial charge in [0.1, 0.15) is 17.5 Å². The first-order valence-corrected chi connectivity index (χ1v) is 9.83. The summed E-state index contributed by atoms with van der Waals surface area (Å²) in [5.74, 6) is 0.835. The summed E-state index contributed by atoms with van der Waals surface area (Å²) >= 11 is 0. The molecule has 146 valence electrons. The molecule has 1 saturated heterocycles. The second kappa shape index (κ2) is 7.96. The monoisotopic (exact) mass is 379 g/mol. The lowest BCUT2D eigenvalue weighted by Crippen LogP contribution is -2.43. The smallest absolute Gasteiger partial charge is 0.263 e. The van der Waals surface area contributed by atoms with Crippen molar-refractivity contribution in [3.05, 3.63) is 47.4 Å². The van der Waals surface area contributed by atoms with Crippen LogP contribution in [-0.4, -0.2) is 34.1 Å². The Hall–Kier alpha value is -2.96. The summed E-state index contributed by atoms with van der Waals surface area (Å²) in [6.07, 6.45) is 4.34. The molecular formula is C21H25N5O2. The van der Waals surface area contributed by atoms with Crippen LogP contribution in [0.5, 0.6) is 0 Å². The number of nitrogens with zero attached hydrogens (tertiary/aromatic N) is 4. The van der Waals surface area contributed by atoms with Crippen LogP contribution in [0.3, 0.4) is 0 Å². The van der Waals surface area contributed by atoms with Gasteiger partial charge in [0, 0.05) is 19.6 Å². The molecule has 1 N–H and O–H groups in total. The molecule has 7 nitrogen and oxygen atoms in total. The number of nitrogens with one attached hydrogen (secondary N) is 1. The minimum absolute atomic E-state index is 0.0613. The molecule has 4 rings (SSSR count). The minimum atomic E-state index is -0.0613. The number of fused-ring (bicyclic) bond motifs is 1. The Kier molecular flexibility index (Phi) is 5.23. The topological polar surface area (TPSA) is 84.2 Å². The molecule has 3 heterocycles. The SMILES string of the molecule is CCc1ccc(CNC(=O)C2CCCN(c3ncnc4onc(C)c34)C2)cc1. The third-order valence-electron chi connectivity index (χ3n) is 5.41. The van der Waals surface area contributed by atoms with Crippen LogP contribution in [0, 0.1) is 12.8 Å². The average molecular weight is 379 g/mol. The summed E-state index contributed by atoms with van der Waals surface area (Å²) in [7, 11) is 0. The fourth-order valence-electron chi connectivity index (χ4n) is 3.75. The van der Waals surface area contributed by atoms with E-state index in [2.05, 4.69) is 56.5 Å². The van der Waals surface area contributed by atoms with E-state index in [4.69, 9.17) is 4.52 Å². The van der Waals surface area contributed by atoms with E-state index >= 15 is 0 Å². The highest BCUT2D eigenvalue weighted by atomic mass is 16.5. The van der Waals surface area contributed by atoms with Crippen molar-refractivity contribution in [1.82, 2.24) is 20.4 Å². The van der Waals surface area contributed by atoms with Crippen LogP contribution in [-0.2, 0) is 17.8 Å². The van der Waals surface area contributed by atoms with Gasteiger partial charge in [-0.15, -0.1) is 0 Å². The lowest BCUT2D eigenvalue weighted by atomic mass is 9.96. The molecule has 3 aromatic rings. The largest absolute Gasteiger partial charge is 0.355 e. The fraction of sp³-hybridized carbons (Fsp3) is 0.429. The number of hydrogen-bond acceptors (Lipinski definition) is 6. The van der Waals surface area contributed by atoms with Gasteiger partial charge in [-0.25, -0.2) is 4.98 Å². The maximum absolute atomic E-state index is 12.8. The van der Waals surface area contributed by atoms with Crippen LogP contribution in [0.15, 0.2) is 35.1 Å². The van der Waals surface area contributed by atoms with Gasteiger partial charge in [-0.2, -0.15) is 4.98 Å². The Balaban J connectivity index is 1.42. The van der Waals surface area contributed by atoms with Crippen LogP contribution in [0.4, 0.5) is 5.82 Å². The molecule has 0 radical (unpaired) electrons. The summed E-state index contributed by atoms with van der Waals surface area (Å²) in [6.45, 7) is 6.08. The molecular weight excluding hydrogens is 354 g/mol. The number of carbonyl (C=O) groups excluding carboxylic acids is 1. The van der Waals surface area contributed by atoms with Crippen LogP contribution in [0.2, 0.25) is 0 Å². The van der Waals surface area contributed by atoms with Crippen molar-refractivity contribution in [2.24, 2.45) is 5.92 Å². The summed E-state index contributed by atoms with van der Waals surface area (Å²) in [5.41, 5.74) is 3.69. The Morgan fingerprint density at radius 3 is 2.82 bits per heavy atom. The summed E-state index contributed by atoms with van der Waals surface area (Å²) in [5, 5.41) is 7.92. The molecule has 1 atom stereocenters. The quantitative estimate of drug-likeness (QED) is 0.734. The van der Waals surface area contributed by atoms with Crippen molar-refractivity contribution in [2.45, 2.75) is 39.7 Å². The van der Waals surface area contributed by atoms with Gasteiger partial charge in [0.05, 0.1) is 11.6 Å². The van der Waals surface area contributed by atoms with Gasteiger partial charge in [0.25, 0.3) is 5.71 Å². The highest BCUT2D eigenvalue weighted by Crippen LogP contribution is 2.29. The number of carbonyl (C=O) groups is 1. The highest BCUT2D eigenvalue weighted by Gasteiger charge is 2.28. The Labute approximate surface area is 164 Å². The number of aryl methyl sites for hydroxylation is 2. The van der Waals surface area contributed by atoms with Gasteiger partial charge in [-0.05, 0) is 37.3 Å². The third kappa shape index (κ3) is 3.69. The first kappa shape index (κ1) is 18.4. The van der Waals surface area contributed by atoms with Crippen molar-refractivity contribution in [2.75, 3.05) is 18.0 Å². The number of piperidine rings is 1. The number of aromatic nitrogens is 3. The first-order valence-electron chi connectivity index (χ1n) is 9.83. The molecule has 1 fully saturated rings. The maximum atomic E-state index is 12.8. The van der Waals surface area contributed by atoms with Gasteiger partial charge in [-0.1, -0.05) is 36.3 Å². The molecule has 0 saturated carbocycles. The molecule has 1 unspecified atom stereocenters. The van der Waals surface area contributed by atoms with E-state index in [1.54, 1.807) is 0 Å². The number of rotatable bonds is 5. The molecule has 1 aliphatic heterocycles. The van der Waals surface area contributed by atoms with E-state index in [0.717, 1.165) is 48.3 Å². The van der Waals surface area contributed by atoms with Crippen LogP contribution in [0.25, 0.3) is 11.1 Å². The van der Waals surface area contributed by atoms with Gasteiger partial charge in [0.2, 0.25) is 5.91 Å². The molecule has 0 aliphatic carbocycles. The fourth-order valence-corrected chi connectivity index (χ4v) is 3.75. The third-order valence-corrected chi connectivity index (χ3v) is 5.41. The molecule has 7 heteroatoms. The van der Waals surface area contributed by atoms with Crippen LogP contribution >= 0.6 is 0 Å². The second-order valence-electron chi connectivity index (χ2n) is 7.32. The Bertz CT molecular complexity index is 967. The van der Waals surface area contributed by atoms with Crippen molar-refractivity contribution >= 4 is 22.8 Å². The normalized spacial score (nSPS) is 17.1. The van der Waals surface area contributed by atoms with Gasteiger partial charge >= 0.3 is 0 Å². The summed E-state index contributed by atoms with van der Waals surface area (Å²) in [4.78, 5) is 23.5. The van der Waals surface area contributed by atoms with Crippen LogP contribution < -0.4 is 10.2 Å². The van der Waals surface area contributed by atoms with E-state index in [0.29, 0.717) is 18.8 Å². The number of anilines is 1. The number of benzene rings is 1. The van der Waals surface area contributed by atoms with Crippen LogP contribution in [0.1, 0.15) is 36.6 Å². The van der Waals surface area contributed by atoms with Gasteiger partial charge < -0.3 is 14.7 Å². The number of amides is 1. The second-order valence-corrected chi connectivity index (χ2v) is 7.32. The molecule has 1 aliphatic rings. The lowest BCUT2D eigenvalue weighted by Gasteiger charge is -2.33. The van der Waals surface area contributed by atoms with Crippen molar-refractivity contribution < 1.29 is 9.32 Å². The van der Waals surface area contributed by atoms with E-state index < -0.39 is 0 Å². The minimum Gasteiger partial charge on any atom is -0.355 e. The predicted octanol–water partition coefficient (Wildman–Crippen LogP) is 3.02. The molecule has 28 heavy (non-hydrogen) atoms. The van der Waals surface area contributed by atoms with E-state index in [1.165, 1.54) is 11.9 Å². The Morgan fingerprint density at radius 1 is 1.25 bits per heavy atom. The standard InChI is InChI=1S/C21H25N5O2/c1-3-15-6-8-16(9-7-15)11-22-20(27)17-5-4-10-26(12-17)19-18-14(2)25-28-21(18)24-13-23-19/h6-9,13,17H,3-5,10-12H2,1-2H3,(H,22,27). The summed E-state index contributed by atoms with van der Waals surface area (Å²) in [6, 6.07) is 8.40. The number of hydrogen-bond donors (Lipinski definition) is 1. The van der Waals surface area contributed by atoms with Gasteiger partial charge in [0.15, 0.2) is 0 Å². The van der Waals surface area contributed by atoms with E-state index in [1.807, 2.05) is 6.92 Å². The van der Waals surface area contributed by atoms with Crippen molar-refractivity contribution in [1.29, 1.82) is 0 Å². The predicted molar refractivity (Wildman–Crippen MR) is 107 cm³/mol. The van der Waals surface area contributed by atoms with E-state index in [-0.39, 0.29) is 11.8 Å². The van der Waals surface area contributed by atoms with Gasteiger partial charge in [-0.3, -0.25) is 4.79 Å². The van der Waals surface area contributed by atoms with E-state index in [9.17, 15) is 4.79 Å². The molecule has 0 spiro atoms. The lowest BCUT2D eigenvalue weighted by molar-refractivity contribution is -0.125. The zero-order valence-electron chi connectivity index (χ0n) is 16.3. The zero-order chi connectivity index (χ0) is 19.5. The molecule has 2 aromatic heterocycles. The maximum Gasteiger partial charge on any atom is 0.263 e. The van der Waals surface area contributed by atoms with Crippen molar-refractivity contribution in [3.63, 3.8) is 0 Å². The van der Waals surface area contributed by atoms with Crippen molar-refractivity contribution in [3.8, 4) is 0 Å². The Morgan fingerprint density at radius 2 is 2.04 bits per heavy atom. The molecule has 1 amide bonds. The first-order chi connectivity index (χ1) is 13.7. The summed E-state index contributed by atoms with van der Waals surface area (Å²) < 4.78 is 5.25. The average Bonchev–Trinajstić information content (AvgIpc) is 3.13.